The summed E-state index contributed by atoms with van der Waals surface area (Å²) < 4.78 is 0. The second-order valence-corrected chi connectivity index (χ2v) is 6.69. The van der Waals surface area contributed by atoms with Gasteiger partial charge < -0.3 is 0 Å². The number of aromatic nitrogens is 1. The Kier molecular flexibility index (Phi) is 4.51. The topological polar surface area (TPSA) is 95.3 Å². The number of amides is 3. The fraction of sp³-hybridized carbons (Fsp3) is 0.111. The summed E-state index contributed by atoms with van der Waals surface area (Å²) in [6.07, 6.45) is 4.80. The molecule has 2 aliphatic rings. The van der Waals surface area contributed by atoms with E-state index in [1.165, 1.54) is 22.9 Å². The average molecular weight is 379 g/mol. The number of pyridine rings is 1. The van der Waals surface area contributed by atoms with Gasteiger partial charge in [0.15, 0.2) is 5.17 Å². The molecule has 9 heteroatoms. The van der Waals surface area contributed by atoms with Crippen LogP contribution in [-0.2, 0) is 4.79 Å². The van der Waals surface area contributed by atoms with Crippen LogP contribution in [0.4, 0.5) is 0 Å². The van der Waals surface area contributed by atoms with Crippen LogP contribution in [0.2, 0.25) is 0 Å². The first-order valence-electron chi connectivity index (χ1n) is 8.04. The molecule has 1 aromatic carbocycles. The number of carbonyl (C=O) groups is 3. The summed E-state index contributed by atoms with van der Waals surface area (Å²) in [5.41, 5.74) is 1.45. The predicted molar refractivity (Wildman–Crippen MR) is 100 cm³/mol. The number of fused-ring (bicyclic) bond motifs is 1. The third kappa shape index (κ3) is 3.24. The van der Waals surface area contributed by atoms with E-state index in [2.05, 4.69) is 15.2 Å². The van der Waals surface area contributed by atoms with E-state index < -0.39 is 11.8 Å². The number of thioether (sulfide) groups is 1. The molecule has 0 saturated carbocycles. The molecule has 0 atom stereocenters. The van der Waals surface area contributed by atoms with Gasteiger partial charge in [-0.2, -0.15) is 5.10 Å². The van der Waals surface area contributed by atoms with Crippen LogP contribution in [-0.4, -0.2) is 56.3 Å². The van der Waals surface area contributed by atoms with Crippen LogP contribution in [0.5, 0.6) is 0 Å². The number of benzene rings is 1. The molecule has 4 rings (SSSR count). The summed E-state index contributed by atoms with van der Waals surface area (Å²) in [6.45, 7) is -0.181. The van der Waals surface area contributed by atoms with Crippen LogP contribution >= 0.6 is 11.8 Å². The van der Waals surface area contributed by atoms with Crippen LogP contribution in [0.15, 0.2) is 59.0 Å². The largest absolute Gasteiger partial charge is 0.273 e. The normalized spacial score (nSPS) is 18.2. The van der Waals surface area contributed by atoms with Gasteiger partial charge in [0.2, 0.25) is 5.91 Å². The van der Waals surface area contributed by atoms with E-state index in [1.807, 2.05) is 6.07 Å². The van der Waals surface area contributed by atoms with Gasteiger partial charge in [-0.1, -0.05) is 30.0 Å². The zero-order valence-electron chi connectivity index (χ0n) is 14.0. The molecule has 8 nitrogen and oxygen atoms in total. The van der Waals surface area contributed by atoms with Gasteiger partial charge >= 0.3 is 0 Å². The minimum Gasteiger partial charge on any atom is -0.273 e. The van der Waals surface area contributed by atoms with Gasteiger partial charge in [0.25, 0.3) is 11.8 Å². The van der Waals surface area contributed by atoms with E-state index in [4.69, 9.17) is 0 Å². The Labute approximate surface area is 158 Å². The highest BCUT2D eigenvalue weighted by Gasteiger charge is 2.39. The minimum atomic E-state index is -0.418. The van der Waals surface area contributed by atoms with Crippen LogP contribution in [0.25, 0.3) is 0 Å². The fourth-order valence-corrected chi connectivity index (χ4v) is 3.55. The van der Waals surface area contributed by atoms with Crippen molar-refractivity contribution >= 4 is 40.9 Å². The van der Waals surface area contributed by atoms with E-state index in [1.54, 1.807) is 42.7 Å². The molecule has 3 heterocycles. The molecular formula is C18H13N5O3S. The Morgan fingerprint density at radius 2 is 1.78 bits per heavy atom. The van der Waals surface area contributed by atoms with Gasteiger partial charge in [0.05, 0.1) is 23.1 Å². The monoisotopic (exact) mass is 379 g/mol. The zero-order chi connectivity index (χ0) is 18.8. The average Bonchev–Trinajstić information content (AvgIpc) is 3.16. The highest BCUT2D eigenvalue weighted by atomic mass is 32.2. The third-order valence-corrected chi connectivity index (χ3v) is 5.00. The lowest BCUT2D eigenvalue weighted by Gasteiger charge is -2.21. The molecule has 1 saturated heterocycles. The first-order valence-corrected chi connectivity index (χ1v) is 9.03. The number of imide groups is 1. The number of hydrogen-bond donors (Lipinski definition) is 0. The van der Waals surface area contributed by atoms with E-state index in [9.17, 15) is 14.4 Å². The summed E-state index contributed by atoms with van der Waals surface area (Å²) in [6, 6.07) is 10.2. The van der Waals surface area contributed by atoms with E-state index in [-0.39, 0.29) is 18.3 Å². The fourth-order valence-electron chi connectivity index (χ4n) is 2.72. The summed E-state index contributed by atoms with van der Waals surface area (Å²) >= 11 is 1.21. The molecule has 27 heavy (non-hydrogen) atoms. The first kappa shape index (κ1) is 17.1. The number of carbonyl (C=O) groups excluding carboxylic acids is 3. The lowest BCUT2D eigenvalue weighted by Crippen LogP contribution is -2.43. The molecule has 0 bridgehead atoms. The summed E-state index contributed by atoms with van der Waals surface area (Å²) in [5, 5.41) is 8.39. The highest BCUT2D eigenvalue weighted by molar-refractivity contribution is 8.15. The SMILES string of the molecule is O=C1c2ccccc2C(=O)N1CN1C(=O)CS/C1=N\N=C\c1cccnc1. The van der Waals surface area contributed by atoms with E-state index in [0.717, 1.165) is 10.5 Å². The van der Waals surface area contributed by atoms with Crippen molar-refractivity contribution in [2.45, 2.75) is 0 Å². The number of amidine groups is 1. The third-order valence-electron chi connectivity index (χ3n) is 4.05. The van der Waals surface area contributed by atoms with Crippen molar-refractivity contribution < 1.29 is 14.4 Å². The van der Waals surface area contributed by atoms with Gasteiger partial charge in [-0.25, -0.2) is 0 Å². The standard InChI is InChI=1S/C18H13N5O3S/c24-15-10-27-18(21-20-9-12-4-3-7-19-8-12)22(15)11-23-16(25)13-5-1-2-6-14(13)17(23)26/h1-9H,10-11H2/b20-9+,21-18-. The van der Waals surface area contributed by atoms with Crippen molar-refractivity contribution in [2.75, 3.05) is 12.4 Å². The van der Waals surface area contributed by atoms with Crippen LogP contribution in [0, 0.1) is 0 Å². The predicted octanol–water partition coefficient (Wildman–Crippen LogP) is 1.60. The van der Waals surface area contributed by atoms with Crippen molar-refractivity contribution in [3.8, 4) is 0 Å². The van der Waals surface area contributed by atoms with Crippen molar-refractivity contribution in [2.24, 2.45) is 10.2 Å². The minimum absolute atomic E-state index is 0.181. The quantitative estimate of drug-likeness (QED) is 0.457. The van der Waals surface area contributed by atoms with Gasteiger partial charge in [0.1, 0.15) is 6.67 Å². The van der Waals surface area contributed by atoms with Gasteiger partial charge in [-0.05, 0) is 18.2 Å². The van der Waals surface area contributed by atoms with Crippen molar-refractivity contribution in [1.82, 2.24) is 14.8 Å². The maximum atomic E-state index is 12.5. The first-order chi connectivity index (χ1) is 13.1. The molecule has 0 spiro atoms. The van der Waals surface area contributed by atoms with Crippen molar-refractivity contribution in [1.29, 1.82) is 0 Å². The smallest absolute Gasteiger partial charge is 0.263 e. The summed E-state index contributed by atoms with van der Waals surface area (Å²) in [7, 11) is 0. The Bertz CT molecular complexity index is 955. The molecule has 134 valence electrons. The molecule has 0 radical (unpaired) electrons. The maximum Gasteiger partial charge on any atom is 0.263 e. The molecular weight excluding hydrogens is 366 g/mol. The molecule has 1 aromatic heterocycles. The summed E-state index contributed by atoms with van der Waals surface area (Å²) in [4.78, 5) is 43.5. The molecule has 0 unspecified atom stereocenters. The van der Waals surface area contributed by atoms with E-state index in [0.29, 0.717) is 16.3 Å². The molecule has 2 aliphatic heterocycles. The Morgan fingerprint density at radius 3 is 2.44 bits per heavy atom. The second-order valence-electron chi connectivity index (χ2n) is 5.75. The number of rotatable bonds is 4. The number of hydrogen-bond acceptors (Lipinski definition) is 7. The van der Waals surface area contributed by atoms with Gasteiger partial charge in [0, 0.05) is 18.0 Å². The van der Waals surface area contributed by atoms with E-state index >= 15 is 0 Å². The van der Waals surface area contributed by atoms with Crippen molar-refractivity contribution in [3.63, 3.8) is 0 Å². The Hall–Kier alpha value is -3.33. The number of nitrogens with zero attached hydrogens (tertiary/aromatic N) is 5. The molecule has 3 amide bonds. The molecule has 2 aromatic rings. The van der Waals surface area contributed by atoms with Crippen LogP contribution in [0.1, 0.15) is 26.3 Å². The van der Waals surface area contributed by atoms with Crippen molar-refractivity contribution in [3.05, 3.63) is 65.5 Å². The lowest BCUT2D eigenvalue weighted by molar-refractivity contribution is -0.124. The maximum absolute atomic E-state index is 12.5. The van der Waals surface area contributed by atoms with Crippen LogP contribution in [0.3, 0.4) is 0 Å². The van der Waals surface area contributed by atoms with Gasteiger partial charge in [-0.15, -0.1) is 5.10 Å². The van der Waals surface area contributed by atoms with Crippen LogP contribution < -0.4 is 0 Å². The highest BCUT2D eigenvalue weighted by Crippen LogP contribution is 2.26. The summed E-state index contributed by atoms with van der Waals surface area (Å²) in [5.74, 6) is -0.881. The Balaban J connectivity index is 1.53. The zero-order valence-corrected chi connectivity index (χ0v) is 14.8. The Morgan fingerprint density at radius 1 is 1.04 bits per heavy atom. The van der Waals surface area contributed by atoms with Gasteiger partial charge in [-0.3, -0.25) is 29.2 Å². The molecule has 0 N–H and O–H groups in total. The molecule has 0 aliphatic carbocycles. The second kappa shape index (κ2) is 7.12. The lowest BCUT2D eigenvalue weighted by atomic mass is 10.1. The molecule has 1 fully saturated rings.